The molecule has 10 heteroatoms. The Labute approximate surface area is 191 Å². The molecule has 1 saturated heterocycles. The number of nitrogens with zero attached hydrogens (tertiary/aromatic N) is 3. The largest absolute Gasteiger partial charge is 0.373 e. The third-order valence-corrected chi connectivity index (χ3v) is 7.67. The van der Waals surface area contributed by atoms with Crippen LogP contribution in [0.1, 0.15) is 34.8 Å². The third-order valence-electron chi connectivity index (χ3n) is 5.01. The van der Waals surface area contributed by atoms with E-state index in [1.165, 1.54) is 27.8 Å². The van der Waals surface area contributed by atoms with Gasteiger partial charge in [-0.3, -0.25) is 10.1 Å². The van der Waals surface area contributed by atoms with Gasteiger partial charge in [0.2, 0.25) is 15.2 Å². The average molecular weight is 473 g/mol. The number of aromatic nitrogens is 2. The first kappa shape index (κ1) is 22.5. The second-order valence-corrected chi connectivity index (χ2v) is 10.7. The molecule has 0 bridgehead atoms. The number of nitrogens with one attached hydrogen (secondary N) is 1. The molecular weight excluding hydrogens is 448 g/mol. The maximum absolute atomic E-state index is 13.1. The summed E-state index contributed by atoms with van der Waals surface area (Å²) >= 11 is 1.29. The fourth-order valence-electron chi connectivity index (χ4n) is 3.59. The topological polar surface area (TPSA) is 101 Å². The number of carbonyl (C=O) groups is 1. The Kier molecular flexibility index (Phi) is 6.66. The van der Waals surface area contributed by atoms with E-state index in [-0.39, 0.29) is 35.8 Å². The molecule has 3 aromatic rings. The van der Waals surface area contributed by atoms with Gasteiger partial charge in [-0.2, -0.15) is 4.31 Å². The summed E-state index contributed by atoms with van der Waals surface area (Å²) in [4.78, 5) is 12.8. The van der Waals surface area contributed by atoms with Crippen LogP contribution in [0.4, 0.5) is 5.13 Å². The average Bonchev–Trinajstić information content (AvgIpc) is 3.20. The molecule has 2 aromatic carbocycles. The minimum atomic E-state index is -3.74. The summed E-state index contributed by atoms with van der Waals surface area (Å²) in [5.74, 6) is -0.437. The summed E-state index contributed by atoms with van der Waals surface area (Å²) in [5, 5.41) is 12.0. The molecule has 0 saturated carbocycles. The minimum Gasteiger partial charge on any atom is -0.373 e. The highest BCUT2D eigenvalue weighted by Crippen LogP contribution is 2.23. The fraction of sp³-hybridized carbons (Fsp3) is 0.318. The molecule has 2 heterocycles. The van der Waals surface area contributed by atoms with Crippen LogP contribution in [0.3, 0.4) is 0 Å². The van der Waals surface area contributed by atoms with E-state index in [0.717, 1.165) is 10.6 Å². The number of benzene rings is 2. The molecular formula is C22H24N4O4S2. The van der Waals surface area contributed by atoms with Crippen molar-refractivity contribution in [2.24, 2.45) is 0 Å². The van der Waals surface area contributed by atoms with Crippen LogP contribution in [-0.4, -0.2) is 54.1 Å². The lowest BCUT2D eigenvalue weighted by Gasteiger charge is -2.34. The lowest BCUT2D eigenvalue weighted by molar-refractivity contribution is -0.0440. The number of carbonyl (C=O) groups excluding carboxylic acids is 1. The van der Waals surface area contributed by atoms with Crippen molar-refractivity contribution in [3.8, 4) is 0 Å². The summed E-state index contributed by atoms with van der Waals surface area (Å²) in [6, 6.07) is 15.9. The Morgan fingerprint density at radius 1 is 1.09 bits per heavy atom. The number of amides is 1. The van der Waals surface area contributed by atoms with Crippen molar-refractivity contribution in [2.45, 2.75) is 37.4 Å². The molecule has 2 unspecified atom stereocenters. The van der Waals surface area contributed by atoms with Crippen molar-refractivity contribution in [3.05, 3.63) is 70.7 Å². The number of rotatable bonds is 6. The monoisotopic (exact) mass is 472 g/mol. The predicted octanol–water partition coefficient (Wildman–Crippen LogP) is 3.18. The second-order valence-electron chi connectivity index (χ2n) is 7.72. The van der Waals surface area contributed by atoms with Gasteiger partial charge >= 0.3 is 0 Å². The van der Waals surface area contributed by atoms with E-state index >= 15 is 0 Å². The molecule has 0 radical (unpaired) electrons. The van der Waals surface area contributed by atoms with E-state index in [2.05, 4.69) is 15.5 Å². The Morgan fingerprint density at radius 3 is 2.53 bits per heavy atom. The Morgan fingerprint density at radius 2 is 1.81 bits per heavy atom. The van der Waals surface area contributed by atoms with Crippen LogP contribution >= 0.6 is 11.3 Å². The highest BCUT2D eigenvalue weighted by atomic mass is 32.2. The molecule has 32 heavy (non-hydrogen) atoms. The standard InChI is InChI=1S/C22H24N4O4S2/c1-15-13-26(14-16(2)30-15)32(28,29)19-10-6-9-18(12-19)21(27)23-22-25-24-20(31-22)11-17-7-4-3-5-8-17/h3-10,12,15-16H,11,13-14H2,1-2H3,(H,23,25,27). The van der Waals surface area contributed by atoms with Crippen LogP contribution in [0.25, 0.3) is 0 Å². The van der Waals surface area contributed by atoms with E-state index in [0.29, 0.717) is 11.6 Å². The van der Waals surface area contributed by atoms with Crippen LogP contribution in [0.15, 0.2) is 59.5 Å². The van der Waals surface area contributed by atoms with Crippen molar-refractivity contribution < 1.29 is 17.9 Å². The molecule has 4 rings (SSSR count). The summed E-state index contributed by atoms with van der Waals surface area (Å²) < 4.78 is 33.3. The zero-order chi connectivity index (χ0) is 22.7. The third kappa shape index (κ3) is 5.21. The molecule has 1 fully saturated rings. The Hall–Kier alpha value is -2.66. The van der Waals surface area contributed by atoms with Gasteiger partial charge < -0.3 is 4.74 Å². The van der Waals surface area contributed by atoms with Crippen LogP contribution in [0.5, 0.6) is 0 Å². The molecule has 1 amide bonds. The van der Waals surface area contributed by atoms with Gasteiger partial charge in [-0.05, 0) is 37.6 Å². The lowest BCUT2D eigenvalue weighted by atomic mass is 10.2. The number of sulfonamides is 1. The van der Waals surface area contributed by atoms with Gasteiger partial charge in [0.05, 0.1) is 17.1 Å². The molecule has 1 aliphatic rings. The number of morpholine rings is 1. The molecule has 1 aliphatic heterocycles. The van der Waals surface area contributed by atoms with Gasteiger partial charge in [0.25, 0.3) is 5.91 Å². The molecule has 1 N–H and O–H groups in total. The first-order valence-corrected chi connectivity index (χ1v) is 12.5. The van der Waals surface area contributed by atoms with Gasteiger partial charge in [-0.15, -0.1) is 10.2 Å². The smallest absolute Gasteiger partial charge is 0.257 e. The zero-order valence-electron chi connectivity index (χ0n) is 17.8. The van der Waals surface area contributed by atoms with Crippen molar-refractivity contribution >= 4 is 32.4 Å². The highest BCUT2D eigenvalue weighted by Gasteiger charge is 2.32. The quantitative estimate of drug-likeness (QED) is 0.591. The first-order valence-electron chi connectivity index (χ1n) is 10.2. The minimum absolute atomic E-state index is 0.0773. The van der Waals surface area contributed by atoms with E-state index < -0.39 is 15.9 Å². The van der Waals surface area contributed by atoms with Gasteiger partial charge in [-0.1, -0.05) is 47.7 Å². The van der Waals surface area contributed by atoms with Crippen LogP contribution in [0.2, 0.25) is 0 Å². The van der Waals surface area contributed by atoms with Gasteiger partial charge in [0.1, 0.15) is 5.01 Å². The van der Waals surface area contributed by atoms with Crippen molar-refractivity contribution in [1.82, 2.24) is 14.5 Å². The number of hydrogen-bond donors (Lipinski definition) is 1. The maximum Gasteiger partial charge on any atom is 0.257 e. The van der Waals surface area contributed by atoms with E-state index in [4.69, 9.17) is 4.74 Å². The van der Waals surface area contributed by atoms with Crippen LogP contribution in [-0.2, 0) is 21.2 Å². The molecule has 0 aliphatic carbocycles. The zero-order valence-corrected chi connectivity index (χ0v) is 19.4. The second kappa shape index (κ2) is 9.45. The Balaban J connectivity index is 1.47. The van der Waals surface area contributed by atoms with Crippen molar-refractivity contribution in [3.63, 3.8) is 0 Å². The molecule has 2 atom stereocenters. The van der Waals surface area contributed by atoms with E-state index in [1.807, 2.05) is 44.2 Å². The van der Waals surface area contributed by atoms with Crippen LogP contribution < -0.4 is 5.32 Å². The molecule has 0 spiro atoms. The lowest BCUT2D eigenvalue weighted by Crippen LogP contribution is -2.48. The highest BCUT2D eigenvalue weighted by molar-refractivity contribution is 7.89. The van der Waals surface area contributed by atoms with E-state index in [1.54, 1.807) is 12.1 Å². The number of ether oxygens (including phenoxy) is 1. The van der Waals surface area contributed by atoms with Gasteiger partial charge in [0.15, 0.2) is 0 Å². The van der Waals surface area contributed by atoms with Crippen molar-refractivity contribution in [2.75, 3.05) is 18.4 Å². The summed E-state index contributed by atoms with van der Waals surface area (Å²) in [6.45, 7) is 4.24. The predicted molar refractivity (Wildman–Crippen MR) is 122 cm³/mol. The molecule has 8 nitrogen and oxygen atoms in total. The van der Waals surface area contributed by atoms with E-state index in [9.17, 15) is 13.2 Å². The number of hydrogen-bond acceptors (Lipinski definition) is 7. The molecule has 1 aromatic heterocycles. The molecule has 168 valence electrons. The van der Waals surface area contributed by atoms with Gasteiger partial charge in [-0.25, -0.2) is 8.42 Å². The number of anilines is 1. The normalized spacial score (nSPS) is 19.6. The van der Waals surface area contributed by atoms with Crippen molar-refractivity contribution in [1.29, 1.82) is 0 Å². The summed E-state index contributed by atoms with van der Waals surface area (Å²) in [6.07, 6.45) is 0.239. The first-order chi connectivity index (χ1) is 15.3. The summed E-state index contributed by atoms with van der Waals surface area (Å²) in [5.41, 5.74) is 1.34. The van der Waals surface area contributed by atoms with Gasteiger partial charge in [0, 0.05) is 25.1 Å². The maximum atomic E-state index is 13.1. The summed E-state index contributed by atoms with van der Waals surface area (Å²) in [7, 11) is -3.74. The SMILES string of the molecule is CC1CN(S(=O)(=O)c2cccc(C(=O)Nc3nnc(Cc4ccccc4)s3)c2)CC(C)O1. The van der Waals surface area contributed by atoms with Crippen LogP contribution in [0, 0.1) is 0 Å². The fourth-order valence-corrected chi connectivity index (χ4v) is 6.00. The Bertz CT molecular complexity index is 1190.